The molecular weight excluding hydrogens is 420 g/mol. The van der Waals surface area contributed by atoms with Gasteiger partial charge in [0.05, 0.1) is 24.7 Å². The highest BCUT2D eigenvalue weighted by molar-refractivity contribution is 9.10. The van der Waals surface area contributed by atoms with E-state index in [1.807, 2.05) is 6.07 Å². The number of sulfonamides is 1. The van der Waals surface area contributed by atoms with Crippen LogP contribution >= 0.6 is 15.9 Å². The zero-order chi connectivity index (χ0) is 19.3. The number of nitrogens with zero attached hydrogens (tertiary/aromatic N) is 1. The van der Waals surface area contributed by atoms with Crippen LogP contribution in [-0.4, -0.2) is 33.7 Å². The molecule has 1 atom stereocenters. The number of halogens is 1. The first kappa shape index (κ1) is 20.3. The summed E-state index contributed by atoms with van der Waals surface area (Å²) in [6.45, 7) is 1.77. The van der Waals surface area contributed by atoms with E-state index in [9.17, 15) is 13.2 Å². The maximum absolute atomic E-state index is 12.8. The van der Waals surface area contributed by atoms with Crippen LogP contribution in [0.1, 0.15) is 13.3 Å². The second-order valence-electron chi connectivity index (χ2n) is 5.65. The molecule has 0 aliphatic rings. The highest BCUT2D eigenvalue weighted by Crippen LogP contribution is 2.28. The van der Waals surface area contributed by atoms with Crippen molar-refractivity contribution >= 4 is 43.2 Å². The van der Waals surface area contributed by atoms with E-state index >= 15 is 0 Å². The first-order valence-corrected chi connectivity index (χ1v) is 10.6. The van der Waals surface area contributed by atoms with E-state index in [-0.39, 0.29) is 0 Å². The first-order chi connectivity index (χ1) is 12.3. The number of rotatable bonds is 7. The van der Waals surface area contributed by atoms with Crippen molar-refractivity contribution in [3.8, 4) is 5.75 Å². The maximum Gasteiger partial charge on any atom is 0.248 e. The topological polar surface area (TPSA) is 75.7 Å². The van der Waals surface area contributed by atoms with Crippen molar-refractivity contribution in [3.63, 3.8) is 0 Å². The molecule has 2 rings (SSSR count). The van der Waals surface area contributed by atoms with Crippen molar-refractivity contribution < 1.29 is 17.9 Å². The molecular formula is C18H21BrN2O4S. The molecule has 2 aromatic carbocycles. The number of carbonyl (C=O) groups is 1. The number of anilines is 2. The molecule has 140 valence electrons. The number of methoxy groups -OCH3 is 1. The van der Waals surface area contributed by atoms with E-state index in [0.29, 0.717) is 23.5 Å². The average molecular weight is 441 g/mol. The predicted octanol–water partition coefficient (Wildman–Crippen LogP) is 3.64. The van der Waals surface area contributed by atoms with E-state index in [4.69, 9.17) is 4.74 Å². The first-order valence-electron chi connectivity index (χ1n) is 7.96. The van der Waals surface area contributed by atoms with E-state index in [2.05, 4.69) is 21.2 Å². The molecule has 0 aromatic heterocycles. The van der Waals surface area contributed by atoms with Crippen molar-refractivity contribution in [3.05, 3.63) is 53.0 Å². The Morgan fingerprint density at radius 2 is 1.92 bits per heavy atom. The summed E-state index contributed by atoms with van der Waals surface area (Å²) in [5, 5.41) is 2.79. The minimum absolute atomic E-state index is 0.306. The van der Waals surface area contributed by atoms with Crippen LogP contribution in [-0.2, 0) is 14.8 Å². The number of ether oxygens (including phenoxy) is 1. The maximum atomic E-state index is 12.8. The summed E-state index contributed by atoms with van der Waals surface area (Å²) in [4.78, 5) is 12.8. The number of amides is 1. The van der Waals surface area contributed by atoms with Crippen molar-refractivity contribution in [2.75, 3.05) is 23.0 Å². The quantitative estimate of drug-likeness (QED) is 0.712. The smallest absolute Gasteiger partial charge is 0.248 e. The molecule has 1 N–H and O–H groups in total. The van der Waals surface area contributed by atoms with E-state index < -0.39 is 22.0 Å². The number of nitrogens with one attached hydrogen (secondary N) is 1. The minimum Gasteiger partial charge on any atom is -0.497 e. The molecule has 1 unspecified atom stereocenters. The third kappa shape index (κ3) is 4.76. The minimum atomic E-state index is -3.70. The third-order valence-corrected chi connectivity index (χ3v) is 5.64. The lowest BCUT2D eigenvalue weighted by molar-refractivity contribution is -0.117. The van der Waals surface area contributed by atoms with Gasteiger partial charge >= 0.3 is 0 Å². The summed E-state index contributed by atoms with van der Waals surface area (Å²) in [5.74, 6) is 0.102. The lowest BCUT2D eigenvalue weighted by Gasteiger charge is -2.30. The van der Waals surface area contributed by atoms with Crippen LogP contribution in [0, 0.1) is 0 Å². The molecule has 0 radical (unpaired) electrons. The normalized spacial score (nSPS) is 12.3. The second-order valence-corrected chi connectivity index (χ2v) is 8.37. The van der Waals surface area contributed by atoms with Crippen molar-refractivity contribution in [1.82, 2.24) is 0 Å². The summed E-state index contributed by atoms with van der Waals surface area (Å²) in [6.07, 6.45) is 1.39. The van der Waals surface area contributed by atoms with Crippen molar-refractivity contribution in [1.29, 1.82) is 0 Å². The van der Waals surface area contributed by atoms with Gasteiger partial charge < -0.3 is 10.1 Å². The van der Waals surface area contributed by atoms with Gasteiger partial charge in [-0.1, -0.05) is 25.1 Å². The summed E-state index contributed by atoms with van der Waals surface area (Å²) in [5.41, 5.74) is 0.955. The van der Waals surface area contributed by atoms with Gasteiger partial charge in [0, 0.05) is 10.5 Å². The van der Waals surface area contributed by atoms with Gasteiger partial charge in [0.15, 0.2) is 0 Å². The number of benzene rings is 2. The standard InChI is InChI=1S/C18H21BrN2O4S/c1-4-17(18(22)20-16-11-6-5-10-15(16)19)21(26(3,23)24)13-8-7-9-14(12-13)25-2/h5-12,17H,4H2,1-3H3,(H,20,22). The Labute approximate surface area is 162 Å². The molecule has 26 heavy (non-hydrogen) atoms. The summed E-state index contributed by atoms with van der Waals surface area (Å²) < 4.78 is 31.9. The molecule has 0 bridgehead atoms. The highest BCUT2D eigenvalue weighted by atomic mass is 79.9. The lowest BCUT2D eigenvalue weighted by atomic mass is 10.1. The Hall–Kier alpha value is -2.06. The van der Waals surface area contributed by atoms with Crippen LogP contribution in [0.25, 0.3) is 0 Å². The summed E-state index contributed by atoms with van der Waals surface area (Å²) >= 11 is 3.37. The Morgan fingerprint density at radius 1 is 1.23 bits per heavy atom. The third-order valence-electron chi connectivity index (χ3n) is 3.77. The average Bonchev–Trinajstić information content (AvgIpc) is 2.60. The van der Waals surface area contributed by atoms with Gasteiger partial charge in [0.1, 0.15) is 11.8 Å². The zero-order valence-electron chi connectivity index (χ0n) is 14.8. The molecule has 0 fully saturated rings. The SMILES string of the molecule is CCC(C(=O)Nc1ccccc1Br)N(c1cccc(OC)c1)S(C)(=O)=O. The highest BCUT2D eigenvalue weighted by Gasteiger charge is 2.32. The molecule has 2 aromatic rings. The number of carbonyl (C=O) groups excluding carboxylic acids is 1. The molecule has 0 heterocycles. The molecule has 0 saturated carbocycles. The summed E-state index contributed by atoms with van der Waals surface area (Å²) in [6, 6.07) is 12.9. The van der Waals surface area contributed by atoms with Gasteiger partial charge in [-0.05, 0) is 46.6 Å². The van der Waals surface area contributed by atoms with Crippen molar-refractivity contribution in [2.24, 2.45) is 0 Å². The van der Waals surface area contributed by atoms with Gasteiger partial charge in [-0.3, -0.25) is 9.10 Å². The molecule has 0 aliphatic heterocycles. The Bertz CT molecular complexity index is 886. The number of hydrogen-bond donors (Lipinski definition) is 1. The Kier molecular flexibility index (Phi) is 6.66. The fourth-order valence-electron chi connectivity index (χ4n) is 2.59. The van der Waals surface area contributed by atoms with Crippen LogP contribution in [0.4, 0.5) is 11.4 Å². The fraction of sp³-hybridized carbons (Fsp3) is 0.278. The van der Waals surface area contributed by atoms with E-state index in [1.54, 1.807) is 49.4 Å². The Balaban J connectivity index is 2.41. The van der Waals surface area contributed by atoms with Gasteiger partial charge in [0.25, 0.3) is 0 Å². The van der Waals surface area contributed by atoms with E-state index in [0.717, 1.165) is 15.0 Å². The number of hydrogen-bond acceptors (Lipinski definition) is 4. The van der Waals surface area contributed by atoms with Crippen LogP contribution in [0.3, 0.4) is 0 Å². The predicted molar refractivity (Wildman–Crippen MR) is 107 cm³/mol. The summed E-state index contributed by atoms with van der Waals surface area (Å²) in [7, 11) is -2.20. The van der Waals surface area contributed by atoms with Gasteiger partial charge in [-0.15, -0.1) is 0 Å². The van der Waals surface area contributed by atoms with Gasteiger partial charge in [-0.2, -0.15) is 0 Å². The molecule has 0 saturated heterocycles. The van der Waals surface area contributed by atoms with Crippen LogP contribution in [0.15, 0.2) is 53.0 Å². The molecule has 8 heteroatoms. The molecule has 1 amide bonds. The molecule has 0 aliphatic carbocycles. The molecule has 6 nitrogen and oxygen atoms in total. The van der Waals surface area contributed by atoms with Gasteiger partial charge in [0.2, 0.25) is 15.9 Å². The van der Waals surface area contributed by atoms with Crippen LogP contribution in [0.2, 0.25) is 0 Å². The molecule has 0 spiro atoms. The monoisotopic (exact) mass is 440 g/mol. The lowest BCUT2D eigenvalue weighted by Crippen LogP contribution is -2.47. The van der Waals surface area contributed by atoms with Crippen LogP contribution in [0.5, 0.6) is 5.75 Å². The largest absolute Gasteiger partial charge is 0.497 e. The second kappa shape index (κ2) is 8.55. The zero-order valence-corrected chi connectivity index (χ0v) is 17.2. The van der Waals surface area contributed by atoms with E-state index in [1.165, 1.54) is 7.11 Å². The van der Waals surface area contributed by atoms with Crippen LogP contribution < -0.4 is 14.4 Å². The van der Waals surface area contributed by atoms with Crippen molar-refractivity contribution in [2.45, 2.75) is 19.4 Å². The fourth-order valence-corrected chi connectivity index (χ4v) is 4.17. The van der Waals surface area contributed by atoms with Gasteiger partial charge in [-0.25, -0.2) is 8.42 Å². The Morgan fingerprint density at radius 3 is 2.50 bits per heavy atom. The number of para-hydroxylation sites is 1.